The van der Waals surface area contributed by atoms with Gasteiger partial charge >= 0.3 is 0 Å². The Bertz CT molecular complexity index is 1330. The summed E-state index contributed by atoms with van der Waals surface area (Å²) in [6, 6.07) is 19.2. The Morgan fingerprint density at radius 1 is 1.18 bits per heavy atom. The van der Waals surface area contributed by atoms with Gasteiger partial charge in [0.2, 0.25) is 11.8 Å². The number of amides is 1. The van der Waals surface area contributed by atoms with E-state index >= 15 is 0 Å². The highest BCUT2D eigenvalue weighted by atomic mass is 79.9. The Hall–Kier alpha value is -3.38. The number of benzene rings is 3. The minimum Gasteiger partial charge on any atom is -0.496 e. The molecule has 1 amide bonds. The van der Waals surface area contributed by atoms with E-state index in [2.05, 4.69) is 52.2 Å². The highest BCUT2D eigenvalue weighted by Gasteiger charge is 2.12. The van der Waals surface area contributed by atoms with E-state index in [4.69, 9.17) is 9.15 Å². The van der Waals surface area contributed by atoms with E-state index in [0.29, 0.717) is 23.2 Å². The third-order valence-electron chi connectivity index (χ3n) is 5.58. The molecule has 33 heavy (non-hydrogen) atoms. The van der Waals surface area contributed by atoms with Gasteiger partial charge in [-0.3, -0.25) is 4.79 Å². The first kappa shape index (κ1) is 22.8. The molecule has 0 aliphatic heterocycles. The van der Waals surface area contributed by atoms with Crippen LogP contribution >= 0.6 is 15.9 Å². The number of rotatable bonds is 7. The van der Waals surface area contributed by atoms with E-state index in [-0.39, 0.29) is 5.91 Å². The van der Waals surface area contributed by atoms with Crippen LogP contribution in [0, 0.1) is 0 Å². The molecule has 1 heterocycles. The number of nitrogens with one attached hydrogen (secondary N) is 1. The smallest absolute Gasteiger partial charge is 0.248 e. The first-order valence-electron chi connectivity index (χ1n) is 10.8. The quantitative estimate of drug-likeness (QED) is 0.265. The average molecular weight is 505 g/mol. The standard InChI is InChI=1S/C27H25BrN2O3/c1-4-17(2)18-8-11-25-23(16-18)30-27(33-25)20-6-5-7-22(15-20)29-26(31)13-9-19-14-21(28)10-12-24(19)32-3/h5-17H,4H2,1-3H3,(H,29,31)/b13-9+/t17-/m1/s1. The largest absolute Gasteiger partial charge is 0.496 e. The van der Waals surface area contributed by atoms with Gasteiger partial charge in [0.15, 0.2) is 5.58 Å². The van der Waals surface area contributed by atoms with Crippen molar-refractivity contribution in [1.82, 2.24) is 4.98 Å². The molecule has 1 atom stereocenters. The number of hydrogen-bond acceptors (Lipinski definition) is 4. The predicted molar refractivity (Wildman–Crippen MR) is 137 cm³/mol. The van der Waals surface area contributed by atoms with Crippen LogP contribution in [0.5, 0.6) is 5.75 Å². The molecule has 4 aromatic rings. The van der Waals surface area contributed by atoms with Crippen molar-refractivity contribution in [1.29, 1.82) is 0 Å². The molecule has 1 aromatic heterocycles. The summed E-state index contributed by atoms with van der Waals surface area (Å²) in [5.41, 5.74) is 5.09. The monoisotopic (exact) mass is 504 g/mol. The van der Waals surface area contributed by atoms with E-state index in [1.165, 1.54) is 11.6 Å². The van der Waals surface area contributed by atoms with Crippen molar-refractivity contribution in [2.24, 2.45) is 0 Å². The van der Waals surface area contributed by atoms with Gasteiger partial charge in [-0.15, -0.1) is 0 Å². The number of methoxy groups -OCH3 is 1. The minimum absolute atomic E-state index is 0.245. The van der Waals surface area contributed by atoms with Crippen molar-refractivity contribution in [3.8, 4) is 17.2 Å². The summed E-state index contributed by atoms with van der Waals surface area (Å²) in [6.07, 6.45) is 4.27. The lowest BCUT2D eigenvalue weighted by atomic mass is 9.98. The number of carbonyl (C=O) groups excluding carboxylic acids is 1. The molecular weight excluding hydrogens is 480 g/mol. The average Bonchev–Trinajstić information content (AvgIpc) is 3.26. The summed E-state index contributed by atoms with van der Waals surface area (Å²) in [7, 11) is 1.60. The molecule has 6 heteroatoms. The number of carbonyl (C=O) groups is 1. The molecule has 0 spiro atoms. The van der Waals surface area contributed by atoms with Gasteiger partial charge in [0, 0.05) is 27.4 Å². The van der Waals surface area contributed by atoms with Gasteiger partial charge in [-0.05, 0) is 72.5 Å². The summed E-state index contributed by atoms with van der Waals surface area (Å²) < 4.78 is 12.2. The lowest BCUT2D eigenvalue weighted by Crippen LogP contribution is -2.07. The lowest BCUT2D eigenvalue weighted by molar-refractivity contribution is -0.111. The zero-order valence-electron chi connectivity index (χ0n) is 18.8. The van der Waals surface area contributed by atoms with Crippen LogP contribution < -0.4 is 10.1 Å². The molecule has 0 saturated carbocycles. The third-order valence-corrected chi connectivity index (χ3v) is 6.07. The zero-order valence-corrected chi connectivity index (χ0v) is 20.3. The SMILES string of the molecule is CC[C@@H](C)c1ccc2oc(-c3cccc(NC(=O)/C=C/c4cc(Br)ccc4OC)c3)nc2c1. The van der Waals surface area contributed by atoms with Crippen LogP contribution in [0.1, 0.15) is 37.3 Å². The van der Waals surface area contributed by atoms with Crippen LogP contribution in [0.4, 0.5) is 5.69 Å². The van der Waals surface area contributed by atoms with Crippen LogP contribution in [-0.4, -0.2) is 18.0 Å². The van der Waals surface area contributed by atoms with Gasteiger partial charge in [-0.25, -0.2) is 4.98 Å². The Kier molecular flexibility index (Phi) is 6.94. The number of hydrogen-bond donors (Lipinski definition) is 1. The van der Waals surface area contributed by atoms with E-state index in [0.717, 1.165) is 33.1 Å². The lowest BCUT2D eigenvalue weighted by Gasteiger charge is -2.07. The van der Waals surface area contributed by atoms with Crippen LogP contribution in [-0.2, 0) is 4.79 Å². The molecule has 0 radical (unpaired) electrons. The van der Waals surface area contributed by atoms with Gasteiger partial charge in [-0.1, -0.05) is 41.9 Å². The number of nitrogens with zero attached hydrogens (tertiary/aromatic N) is 1. The topological polar surface area (TPSA) is 64.4 Å². The van der Waals surface area contributed by atoms with E-state index < -0.39 is 0 Å². The van der Waals surface area contributed by atoms with Gasteiger partial charge in [-0.2, -0.15) is 0 Å². The van der Waals surface area contributed by atoms with Crippen LogP contribution in [0.15, 0.2) is 75.6 Å². The third kappa shape index (κ3) is 5.34. The number of ether oxygens (including phenoxy) is 1. The fourth-order valence-electron chi connectivity index (χ4n) is 3.52. The maximum absolute atomic E-state index is 12.5. The number of halogens is 1. The van der Waals surface area contributed by atoms with Crippen molar-refractivity contribution in [3.63, 3.8) is 0 Å². The van der Waals surface area contributed by atoms with Gasteiger partial charge in [0.25, 0.3) is 0 Å². The van der Waals surface area contributed by atoms with Crippen LogP contribution in [0.3, 0.4) is 0 Å². The summed E-state index contributed by atoms with van der Waals surface area (Å²) in [4.78, 5) is 17.2. The molecule has 3 aromatic carbocycles. The molecule has 0 bridgehead atoms. The van der Waals surface area contributed by atoms with Crippen molar-refractivity contribution >= 4 is 44.7 Å². The fraction of sp³-hybridized carbons (Fsp3) is 0.185. The number of aromatic nitrogens is 1. The molecule has 168 valence electrons. The van der Waals surface area contributed by atoms with Gasteiger partial charge in [0.05, 0.1) is 7.11 Å². The maximum Gasteiger partial charge on any atom is 0.248 e. The fourth-order valence-corrected chi connectivity index (χ4v) is 3.90. The Balaban J connectivity index is 1.52. The molecule has 0 fully saturated rings. The number of anilines is 1. The van der Waals surface area contributed by atoms with Gasteiger partial charge < -0.3 is 14.5 Å². The second kappa shape index (κ2) is 10.0. The number of oxazole rings is 1. The van der Waals surface area contributed by atoms with Gasteiger partial charge in [0.1, 0.15) is 11.3 Å². The highest BCUT2D eigenvalue weighted by Crippen LogP contribution is 2.29. The summed E-state index contributed by atoms with van der Waals surface area (Å²) in [5.74, 6) is 1.44. The van der Waals surface area contributed by atoms with Crippen molar-refractivity contribution < 1.29 is 13.9 Å². The molecule has 4 rings (SSSR count). The number of fused-ring (bicyclic) bond motifs is 1. The molecule has 0 saturated heterocycles. The molecule has 1 N–H and O–H groups in total. The normalized spacial score (nSPS) is 12.2. The van der Waals surface area contributed by atoms with E-state index in [1.54, 1.807) is 13.2 Å². The molecular formula is C27H25BrN2O3. The summed E-state index contributed by atoms with van der Waals surface area (Å²) in [6.45, 7) is 4.38. The van der Waals surface area contributed by atoms with Crippen molar-refractivity contribution in [3.05, 3.63) is 82.3 Å². The molecule has 0 aliphatic carbocycles. The Morgan fingerprint density at radius 3 is 2.82 bits per heavy atom. The molecule has 5 nitrogen and oxygen atoms in total. The Labute approximate surface area is 201 Å². The summed E-state index contributed by atoms with van der Waals surface area (Å²) >= 11 is 3.44. The highest BCUT2D eigenvalue weighted by molar-refractivity contribution is 9.10. The van der Waals surface area contributed by atoms with E-state index in [1.807, 2.05) is 48.5 Å². The first-order valence-corrected chi connectivity index (χ1v) is 11.6. The van der Waals surface area contributed by atoms with Crippen LogP contribution in [0.2, 0.25) is 0 Å². The maximum atomic E-state index is 12.5. The predicted octanol–water partition coefficient (Wildman–Crippen LogP) is 7.43. The zero-order chi connectivity index (χ0) is 23.4. The second-order valence-electron chi connectivity index (χ2n) is 7.85. The van der Waals surface area contributed by atoms with Crippen molar-refractivity contribution in [2.45, 2.75) is 26.2 Å². The second-order valence-corrected chi connectivity index (χ2v) is 8.76. The molecule has 0 unspecified atom stereocenters. The van der Waals surface area contributed by atoms with Crippen LogP contribution in [0.25, 0.3) is 28.6 Å². The summed E-state index contributed by atoms with van der Waals surface area (Å²) in [5, 5.41) is 2.89. The Morgan fingerprint density at radius 2 is 2.03 bits per heavy atom. The van der Waals surface area contributed by atoms with Crippen molar-refractivity contribution in [2.75, 3.05) is 12.4 Å². The first-order chi connectivity index (χ1) is 16.0. The minimum atomic E-state index is -0.245. The molecule has 0 aliphatic rings. The van der Waals surface area contributed by atoms with E-state index in [9.17, 15) is 4.79 Å².